The van der Waals surface area contributed by atoms with E-state index in [1.165, 1.54) is 24.0 Å². The van der Waals surface area contributed by atoms with E-state index in [-0.39, 0.29) is 6.04 Å². The highest BCUT2D eigenvalue weighted by molar-refractivity contribution is 7.16. The normalized spacial score (nSPS) is 14.1. The van der Waals surface area contributed by atoms with Gasteiger partial charge in [0.25, 0.3) is 0 Å². The molecule has 2 aromatic carbocycles. The molecule has 0 unspecified atom stereocenters. The Balaban J connectivity index is 1.75. The fourth-order valence-electron chi connectivity index (χ4n) is 4.13. The number of ether oxygens (including phenoxy) is 1. The van der Waals surface area contributed by atoms with Gasteiger partial charge in [0.1, 0.15) is 5.75 Å². The molecule has 1 heterocycles. The lowest BCUT2D eigenvalue weighted by molar-refractivity contribution is 0.412. The van der Waals surface area contributed by atoms with Gasteiger partial charge in [-0.05, 0) is 56.4 Å². The van der Waals surface area contributed by atoms with Crippen molar-refractivity contribution in [2.24, 2.45) is 5.92 Å². The first-order valence-electron chi connectivity index (χ1n) is 11.0. The second-order valence-corrected chi connectivity index (χ2v) is 10.2. The summed E-state index contributed by atoms with van der Waals surface area (Å²) < 4.78 is 5.42. The Morgan fingerprint density at radius 1 is 1.22 bits per heavy atom. The summed E-state index contributed by atoms with van der Waals surface area (Å²) in [6, 6.07) is 13.0. The van der Waals surface area contributed by atoms with Crippen molar-refractivity contribution in [3.05, 3.63) is 63.0 Å². The third-order valence-electron chi connectivity index (χ3n) is 6.12. The van der Waals surface area contributed by atoms with Gasteiger partial charge in [0.2, 0.25) is 0 Å². The van der Waals surface area contributed by atoms with Crippen LogP contribution in [0.25, 0.3) is 11.3 Å². The van der Waals surface area contributed by atoms with Crippen LogP contribution in [0.5, 0.6) is 5.75 Å². The highest BCUT2D eigenvalue weighted by Gasteiger charge is 2.31. The first-order valence-corrected chi connectivity index (χ1v) is 12.2. The molecule has 32 heavy (non-hydrogen) atoms. The van der Waals surface area contributed by atoms with Gasteiger partial charge in [0, 0.05) is 10.4 Å². The van der Waals surface area contributed by atoms with Crippen LogP contribution in [0.1, 0.15) is 46.9 Å². The van der Waals surface area contributed by atoms with Crippen LogP contribution in [-0.2, 0) is 0 Å². The monoisotopic (exact) mass is 464 g/mol. The van der Waals surface area contributed by atoms with E-state index < -0.39 is 0 Å². The first-order chi connectivity index (χ1) is 15.4. The second-order valence-electron chi connectivity index (χ2n) is 8.64. The summed E-state index contributed by atoms with van der Waals surface area (Å²) in [7, 11) is 1.66. The van der Waals surface area contributed by atoms with E-state index >= 15 is 0 Å². The third kappa shape index (κ3) is 4.80. The molecule has 1 aliphatic rings. The summed E-state index contributed by atoms with van der Waals surface area (Å²) >= 11 is 8.31. The predicted octanol–water partition coefficient (Wildman–Crippen LogP) is 7.38. The van der Waals surface area contributed by atoms with Crippen molar-refractivity contribution >= 4 is 28.1 Å². The maximum absolute atomic E-state index is 6.63. The van der Waals surface area contributed by atoms with Gasteiger partial charge in [-0.25, -0.2) is 4.98 Å². The fourth-order valence-corrected chi connectivity index (χ4v) is 5.35. The van der Waals surface area contributed by atoms with Crippen LogP contribution in [0.2, 0.25) is 5.02 Å². The molecule has 0 aliphatic heterocycles. The number of halogens is 1. The van der Waals surface area contributed by atoms with Crippen molar-refractivity contribution in [2.75, 3.05) is 18.6 Å². The first kappa shape index (κ1) is 22.7. The van der Waals surface area contributed by atoms with Crippen molar-refractivity contribution in [1.82, 2.24) is 4.98 Å². The minimum absolute atomic E-state index is 0.214. The molecule has 0 spiro atoms. The average molecular weight is 465 g/mol. The molecule has 0 amide bonds. The van der Waals surface area contributed by atoms with Crippen LogP contribution in [0, 0.1) is 39.0 Å². The largest absolute Gasteiger partial charge is 0.496 e. The van der Waals surface area contributed by atoms with E-state index in [9.17, 15) is 0 Å². The molecule has 166 valence electrons. The average Bonchev–Trinajstić information content (AvgIpc) is 3.52. The molecule has 4 rings (SSSR count). The number of terminal acetylenes is 1. The summed E-state index contributed by atoms with van der Waals surface area (Å²) in [6.45, 7) is 6.76. The molecule has 3 nitrogen and oxygen atoms in total. The van der Waals surface area contributed by atoms with Gasteiger partial charge in [-0.15, -0.1) is 17.8 Å². The Hall–Kier alpha value is -2.48. The minimum Gasteiger partial charge on any atom is -0.496 e. The van der Waals surface area contributed by atoms with E-state index in [0.29, 0.717) is 11.6 Å². The zero-order valence-corrected chi connectivity index (χ0v) is 20.7. The molecular formula is C27H29ClN2OS. The summed E-state index contributed by atoms with van der Waals surface area (Å²) in [5.41, 5.74) is 5.44. The van der Waals surface area contributed by atoms with Crippen LogP contribution >= 0.6 is 22.9 Å². The molecule has 0 saturated heterocycles. The molecule has 0 bridgehead atoms. The highest BCUT2D eigenvalue weighted by atomic mass is 35.5. The lowest BCUT2D eigenvalue weighted by atomic mass is 9.98. The zero-order chi connectivity index (χ0) is 22.8. The molecule has 0 radical (unpaired) electrons. The number of aryl methyl sites for hydroxylation is 3. The lowest BCUT2D eigenvalue weighted by Crippen LogP contribution is -2.29. The lowest BCUT2D eigenvalue weighted by Gasteiger charge is -2.31. The van der Waals surface area contributed by atoms with Crippen molar-refractivity contribution in [2.45, 2.75) is 46.1 Å². The molecule has 1 fully saturated rings. The van der Waals surface area contributed by atoms with Gasteiger partial charge in [0.05, 0.1) is 30.4 Å². The fraction of sp³-hybridized carbons (Fsp3) is 0.370. The Morgan fingerprint density at radius 2 is 1.94 bits per heavy atom. The van der Waals surface area contributed by atoms with E-state index in [4.69, 9.17) is 27.7 Å². The van der Waals surface area contributed by atoms with Crippen LogP contribution in [0.4, 0.5) is 5.13 Å². The number of thiazole rings is 1. The number of hydrogen-bond donors (Lipinski definition) is 0. The standard InChI is InChI=1S/C27H29ClN2OS/c1-6-13-30(24(15-20-9-10-20)21-11-7-17(2)8-12-21)27-29-26(19(4)32-27)22-14-18(3)25(31-5)16-23(22)28/h1,7-8,11-12,14,16,20,24H,9-10,13,15H2,2-5H3/t24-/m0/s1. The van der Waals surface area contributed by atoms with Gasteiger partial charge >= 0.3 is 0 Å². The maximum atomic E-state index is 6.63. The molecule has 3 aromatic rings. The molecule has 1 aromatic heterocycles. The van der Waals surface area contributed by atoms with Crippen molar-refractivity contribution in [3.8, 4) is 29.4 Å². The van der Waals surface area contributed by atoms with Crippen molar-refractivity contribution in [1.29, 1.82) is 0 Å². The maximum Gasteiger partial charge on any atom is 0.187 e. The zero-order valence-electron chi connectivity index (χ0n) is 19.1. The molecule has 1 atom stereocenters. The number of aromatic nitrogens is 1. The van der Waals surface area contributed by atoms with Crippen LogP contribution in [0.3, 0.4) is 0 Å². The predicted molar refractivity (Wildman–Crippen MR) is 136 cm³/mol. The molecule has 0 N–H and O–H groups in total. The van der Waals surface area contributed by atoms with E-state index in [2.05, 4.69) is 55.0 Å². The number of anilines is 1. The number of hydrogen-bond acceptors (Lipinski definition) is 4. The van der Waals surface area contributed by atoms with Crippen LogP contribution in [-0.4, -0.2) is 18.6 Å². The number of nitrogens with zero attached hydrogens (tertiary/aromatic N) is 2. The molecule has 5 heteroatoms. The minimum atomic E-state index is 0.214. The van der Waals surface area contributed by atoms with Crippen LogP contribution in [0.15, 0.2) is 36.4 Å². The summed E-state index contributed by atoms with van der Waals surface area (Å²) in [6.07, 6.45) is 9.54. The summed E-state index contributed by atoms with van der Waals surface area (Å²) in [5.74, 6) is 4.42. The Kier molecular flexibility index (Phi) is 6.79. The SMILES string of the molecule is C#CCN(c1nc(-c2cc(C)c(OC)cc2Cl)c(C)s1)[C@@H](CC1CC1)c1ccc(C)cc1. The Morgan fingerprint density at radius 3 is 2.56 bits per heavy atom. The number of benzene rings is 2. The molecular weight excluding hydrogens is 436 g/mol. The quantitative estimate of drug-likeness (QED) is 0.325. The second kappa shape index (κ2) is 9.57. The van der Waals surface area contributed by atoms with E-state index in [1.807, 2.05) is 13.0 Å². The topological polar surface area (TPSA) is 25.4 Å². The van der Waals surface area contributed by atoms with Gasteiger partial charge < -0.3 is 9.64 Å². The highest BCUT2D eigenvalue weighted by Crippen LogP contribution is 2.44. The smallest absolute Gasteiger partial charge is 0.187 e. The molecule has 1 aliphatic carbocycles. The van der Waals surface area contributed by atoms with Crippen molar-refractivity contribution in [3.63, 3.8) is 0 Å². The van der Waals surface area contributed by atoms with Crippen LogP contribution < -0.4 is 9.64 Å². The Labute approximate surface area is 200 Å². The number of methoxy groups -OCH3 is 1. The molecule has 1 saturated carbocycles. The van der Waals surface area contributed by atoms with Gasteiger partial charge in [-0.3, -0.25) is 0 Å². The van der Waals surface area contributed by atoms with Crippen molar-refractivity contribution < 1.29 is 4.74 Å². The summed E-state index contributed by atoms with van der Waals surface area (Å²) in [4.78, 5) is 8.50. The summed E-state index contributed by atoms with van der Waals surface area (Å²) in [5, 5.41) is 1.59. The van der Waals surface area contributed by atoms with Gasteiger partial charge in [-0.2, -0.15) is 0 Å². The van der Waals surface area contributed by atoms with Gasteiger partial charge in [-0.1, -0.05) is 60.2 Å². The Bertz CT molecular complexity index is 1140. The third-order valence-corrected chi connectivity index (χ3v) is 7.44. The number of rotatable bonds is 8. The van der Waals surface area contributed by atoms with E-state index in [1.54, 1.807) is 18.4 Å². The van der Waals surface area contributed by atoms with E-state index in [0.717, 1.165) is 44.9 Å². The van der Waals surface area contributed by atoms with Gasteiger partial charge in [0.15, 0.2) is 5.13 Å².